The van der Waals surface area contributed by atoms with Crippen molar-refractivity contribution in [3.05, 3.63) is 119 Å². The van der Waals surface area contributed by atoms with Crippen LogP contribution in [0, 0.1) is 12.7 Å². The number of morpholine rings is 1. The van der Waals surface area contributed by atoms with Crippen molar-refractivity contribution in [2.75, 3.05) is 37.7 Å². The van der Waals surface area contributed by atoms with Crippen LogP contribution in [0.5, 0.6) is 5.75 Å². The van der Waals surface area contributed by atoms with E-state index in [-0.39, 0.29) is 36.0 Å². The molecule has 12 heteroatoms. The first-order valence-corrected chi connectivity index (χ1v) is 17.6. The molecular formula is C40H42ClFN6O4. The third-order valence-corrected chi connectivity index (χ3v) is 10.5. The fraction of sp³-hybridized carbons (Fsp3) is 0.325. The van der Waals surface area contributed by atoms with Gasteiger partial charge in [0.1, 0.15) is 11.6 Å². The second kappa shape index (κ2) is 14.6. The van der Waals surface area contributed by atoms with E-state index in [4.69, 9.17) is 4.74 Å². The summed E-state index contributed by atoms with van der Waals surface area (Å²) < 4.78 is 24.5. The van der Waals surface area contributed by atoms with E-state index in [0.29, 0.717) is 71.8 Å². The van der Waals surface area contributed by atoms with Crippen LogP contribution in [0.25, 0.3) is 11.3 Å². The van der Waals surface area contributed by atoms with Crippen LogP contribution in [0.3, 0.4) is 0 Å². The van der Waals surface area contributed by atoms with Gasteiger partial charge in [-0.3, -0.25) is 24.1 Å². The van der Waals surface area contributed by atoms with E-state index >= 15 is 4.39 Å². The second-order valence-corrected chi connectivity index (χ2v) is 13.8. The van der Waals surface area contributed by atoms with Gasteiger partial charge in [-0.05, 0) is 85.8 Å². The highest BCUT2D eigenvalue weighted by Gasteiger charge is 2.34. The van der Waals surface area contributed by atoms with Crippen LogP contribution >= 0.6 is 12.4 Å². The van der Waals surface area contributed by atoms with Gasteiger partial charge in [-0.15, -0.1) is 12.4 Å². The third kappa shape index (κ3) is 6.83. The zero-order chi connectivity index (χ0) is 35.2. The number of fused-ring (bicyclic) bond motifs is 1. The zero-order valence-electron chi connectivity index (χ0n) is 29.2. The molecule has 2 aliphatic heterocycles. The van der Waals surface area contributed by atoms with Crippen molar-refractivity contribution in [1.82, 2.24) is 24.1 Å². The van der Waals surface area contributed by atoms with Crippen molar-refractivity contribution in [3.8, 4) is 17.0 Å². The molecule has 0 radical (unpaired) electrons. The van der Waals surface area contributed by atoms with E-state index in [1.165, 1.54) is 17.7 Å². The first-order valence-electron chi connectivity index (χ1n) is 17.6. The van der Waals surface area contributed by atoms with Gasteiger partial charge < -0.3 is 19.3 Å². The topological polar surface area (TPSA) is 96.1 Å². The van der Waals surface area contributed by atoms with Gasteiger partial charge in [0.15, 0.2) is 0 Å². The summed E-state index contributed by atoms with van der Waals surface area (Å²) in [5.74, 6) is -0.869. The quantitative estimate of drug-likeness (QED) is 0.192. The van der Waals surface area contributed by atoms with Crippen molar-refractivity contribution in [1.29, 1.82) is 0 Å². The highest BCUT2D eigenvalue weighted by molar-refractivity contribution is 6.12. The summed E-state index contributed by atoms with van der Waals surface area (Å²) in [4.78, 5) is 35.2. The van der Waals surface area contributed by atoms with Gasteiger partial charge in [-0.1, -0.05) is 24.3 Å². The smallest absolute Gasteiger partial charge is 0.264 e. The van der Waals surface area contributed by atoms with E-state index in [1.54, 1.807) is 47.5 Å². The number of aromatic hydroxyl groups is 1. The van der Waals surface area contributed by atoms with E-state index < -0.39 is 5.82 Å². The molecule has 2 fully saturated rings. The molecule has 0 unspecified atom stereocenters. The van der Waals surface area contributed by atoms with Crippen LogP contribution in [-0.4, -0.2) is 80.0 Å². The number of phenolic OH excluding ortho intramolecular Hbond substituents is 1. The van der Waals surface area contributed by atoms with Gasteiger partial charge in [-0.25, -0.2) is 4.39 Å². The van der Waals surface area contributed by atoms with Crippen LogP contribution in [0.15, 0.2) is 85.2 Å². The number of amides is 2. The van der Waals surface area contributed by atoms with Gasteiger partial charge in [0, 0.05) is 73.7 Å². The van der Waals surface area contributed by atoms with Gasteiger partial charge in [0.25, 0.3) is 11.8 Å². The monoisotopic (exact) mass is 724 g/mol. The maximum Gasteiger partial charge on any atom is 0.264 e. The average molecular weight is 725 g/mol. The fourth-order valence-corrected chi connectivity index (χ4v) is 7.40. The van der Waals surface area contributed by atoms with Crippen LogP contribution in [0.2, 0.25) is 0 Å². The normalized spacial score (nSPS) is 17.4. The molecule has 52 heavy (non-hydrogen) atoms. The summed E-state index contributed by atoms with van der Waals surface area (Å²) in [7, 11) is 1.83. The lowest BCUT2D eigenvalue weighted by Crippen LogP contribution is -2.52. The number of hydrogen-bond donors (Lipinski definition) is 1. The lowest BCUT2D eigenvalue weighted by molar-refractivity contribution is 0.0193. The number of anilines is 2. The highest BCUT2D eigenvalue weighted by atomic mass is 35.5. The molecule has 1 atom stereocenters. The molecule has 3 aromatic carbocycles. The lowest BCUT2D eigenvalue weighted by atomic mass is 9.92. The van der Waals surface area contributed by atoms with E-state index in [2.05, 4.69) is 22.1 Å². The predicted molar refractivity (Wildman–Crippen MR) is 199 cm³/mol. The fourth-order valence-electron chi connectivity index (χ4n) is 7.40. The molecule has 0 spiro atoms. The van der Waals surface area contributed by atoms with E-state index in [0.717, 1.165) is 37.9 Å². The predicted octanol–water partition coefficient (Wildman–Crippen LogP) is 6.68. The Balaban J connectivity index is 0.00000420. The molecule has 2 amide bonds. The van der Waals surface area contributed by atoms with E-state index in [1.807, 2.05) is 46.4 Å². The number of phenols is 1. The summed E-state index contributed by atoms with van der Waals surface area (Å²) in [5.41, 5.74) is 5.93. The van der Waals surface area contributed by atoms with Gasteiger partial charge in [-0.2, -0.15) is 5.10 Å². The molecular weight excluding hydrogens is 683 g/mol. The van der Waals surface area contributed by atoms with Crippen molar-refractivity contribution in [2.24, 2.45) is 7.05 Å². The van der Waals surface area contributed by atoms with Gasteiger partial charge in [0.05, 0.1) is 36.7 Å². The Labute approximate surface area is 308 Å². The van der Waals surface area contributed by atoms with Crippen molar-refractivity contribution >= 4 is 35.6 Å². The summed E-state index contributed by atoms with van der Waals surface area (Å²) in [6, 6.07) is 21.0. The third-order valence-electron chi connectivity index (χ3n) is 10.5. The standard InChI is InChI=1S/C40H41FN6O4.ClH/c1-26-36(40(50)47(31-10-12-34(48)13-11-31)33-22-42-46(25-33)30-8-9-30)21-38(43(26)2)37-20-29(41)7-14-35(37)39(49)45-23-28-6-4-3-5-27(28)19-32(45)24-44-15-17-51-18-16-44;/h3-7,10-14,20-22,25,30,32,48H,8-9,15-19,23-24H2,1-2H3;1H/t32-;/m0./s1. The molecule has 1 saturated heterocycles. The van der Waals surface area contributed by atoms with Crippen molar-refractivity contribution in [3.63, 3.8) is 0 Å². The Kier molecular flexibility index (Phi) is 9.93. The minimum Gasteiger partial charge on any atom is -0.508 e. The summed E-state index contributed by atoms with van der Waals surface area (Å²) >= 11 is 0. The zero-order valence-corrected chi connectivity index (χ0v) is 30.1. The van der Waals surface area contributed by atoms with Crippen LogP contribution in [0.1, 0.15) is 56.4 Å². The molecule has 270 valence electrons. The maximum absolute atomic E-state index is 15.1. The largest absolute Gasteiger partial charge is 0.508 e. The van der Waals surface area contributed by atoms with Crippen LogP contribution < -0.4 is 4.90 Å². The number of rotatable bonds is 8. The van der Waals surface area contributed by atoms with Crippen LogP contribution in [0.4, 0.5) is 15.8 Å². The minimum atomic E-state index is -0.472. The number of nitrogens with zero attached hydrogens (tertiary/aromatic N) is 6. The molecule has 1 N–H and O–H groups in total. The summed E-state index contributed by atoms with van der Waals surface area (Å²) in [6.45, 7) is 5.97. The number of carbonyl (C=O) groups is 2. The molecule has 2 aromatic heterocycles. The molecule has 8 rings (SSSR count). The Morgan fingerprint density at radius 3 is 2.42 bits per heavy atom. The summed E-state index contributed by atoms with van der Waals surface area (Å²) in [5, 5.41) is 14.5. The molecule has 1 aliphatic carbocycles. The molecule has 0 bridgehead atoms. The number of benzene rings is 3. The second-order valence-electron chi connectivity index (χ2n) is 13.8. The first-order chi connectivity index (χ1) is 24.7. The van der Waals surface area contributed by atoms with Gasteiger partial charge >= 0.3 is 0 Å². The number of hydrogen-bond acceptors (Lipinski definition) is 6. The molecule has 3 aliphatic rings. The summed E-state index contributed by atoms with van der Waals surface area (Å²) in [6.07, 6.45) is 6.36. The first kappa shape index (κ1) is 35.4. The number of carbonyl (C=O) groups excluding carboxylic acids is 2. The Morgan fingerprint density at radius 2 is 1.69 bits per heavy atom. The van der Waals surface area contributed by atoms with Crippen molar-refractivity contribution in [2.45, 2.75) is 44.8 Å². The van der Waals surface area contributed by atoms with Gasteiger partial charge in [0.2, 0.25) is 0 Å². The Hall–Kier alpha value is -4.97. The maximum atomic E-state index is 15.1. The Bertz CT molecular complexity index is 2100. The lowest BCUT2D eigenvalue weighted by Gasteiger charge is -2.40. The average Bonchev–Trinajstić information content (AvgIpc) is 3.81. The number of halogens is 2. The van der Waals surface area contributed by atoms with Crippen molar-refractivity contribution < 1.29 is 23.8 Å². The van der Waals surface area contributed by atoms with Crippen LogP contribution in [-0.2, 0) is 24.8 Å². The number of ether oxygens (including phenoxy) is 1. The molecule has 1 saturated carbocycles. The molecule has 5 aromatic rings. The molecule has 10 nitrogen and oxygen atoms in total. The van der Waals surface area contributed by atoms with E-state index in [9.17, 15) is 14.7 Å². The highest BCUT2D eigenvalue weighted by Crippen LogP contribution is 2.38. The minimum absolute atomic E-state index is 0. The molecule has 4 heterocycles. The SMILES string of the molecule is Cc1c(C(=O)N(c2ccc(O)cc2)c2cnn(C3CC3)c2)cc(-c2cc(F)ccc2C(=O)N2Cc3ccccc3C[C@H]2CN2CCOCC2)n1C.Cl. The number of aromatic nitrogens is 3. The Morgan fingerprint density at radius 1 is 0.962 bits per heavy atom.